The summed E-state index contributed by atoms with van der Waals surface area (Å²) in [5.41, 5.74) is -7.90. The Morgan fingerprint density at radius 2 is 1.37 bits per heavy atom. The summed E-state index contributed by atoms with van der Waals surface area (Å²) in [6.45, 7) is 7.91. The number of nitrogens with one attached hydrogen (secondary N) is 1. The number of carbonyl (C=O) groups excluding carboxylic acids is 7. The second kappa shape index (κ2) is 33.1. The molecule has 508 valence electrons. The maximum Gasteiger partial charge on any atom is 0.338 e. The maximum atomic E-state index is 15.7. The average molecular weight is 1300 g/mol. The molecule has 3 fully saturated rings. The molecule has 4 aliphatic rings. The van der Waals surface area contributed by atoms with E-state index < -0.39 is 152 Å². The Kier molecular flexibility index (Phi) is 27.1. The number of esters is 6. The van der Waals surface area contributed by atoms with Crippen LogP contribution in [0.4, 0.5) is 0 Å². The Labute approximate surface area is 535 Å². The highest BCUT2D eigenvalue weighted by molar-refractivity contribution is 7.45. The number of aliphatic hydroxyl groups excluding tert-OH is 2. The summed E-state index contributed by atoms with van der Waals surface area (Å²) >= 11 is 0. The molecule has 6 rings (SSSR count). The fourth-order valence-electron chi connectivity index (χ4n) is 13.3. The van der Waals surface area contributed by atoms with E-state index in [9.17, 15) is 53.5 Å². The van der Waals surface area contributed by atoms with Gasteiger partial charge in [0.25, 0.3) is 7.82 Å². The molecule has 1 heterocycles. The molecule has 2 aromatic rings. The van der Waals surface area contributed by atoms with E-state index in [0.717, 1.165) is 39.5 Å². The number of ether oxygens (including phenoxy) is 7. The molecule has 2 saturated carbocycles. The number of aliphatic hydroxyl groups is 3. The molecular weight excluding hydrogens is 1200 g/mol. The fourth-order valence-corrected chi connectivity index (χ4v) is 14.1. The van der Waals surface area contributed by atoms with Gasteiger partial charge in [0.15, 0.2) is 29.7 Å². The van der Waals surface area contributed by atoms with Crippen molar-refractivity contribution in [2.24, 2.45) is 16.7 Å². The highest BCUT2D eigenvalue weighted by atomic mass is 31.2. The largest absolute Gasteiger partial charge is 0.756 e. The van der Waals surface area contributed by atoms with Gasteiger partial charge in [-0.05, 0) is 49.1 Å². The number of rotatable bonds is 36. The predicted octanol–water partition coefficient (Wildman–Crippen LogP) is 7.43. The van der Waals surface area contributed by atoms with Gasteiger partial charge < -0.3 is 66.9 Å². The number of fused-ring (bicyclic) bond motifs is 5. The molecule has 91 heavy (non-hydrogen) atoms. The smallest absolute Gasteiger partial charge is 0.338 e. The lowest BCUT2D eigenvalue weighted by molar-refractivity contribution is -0.870. The third-order valence-electron chi connectivity index (χ3n) is 18.5. The van der Waals surface area contributed by atoms with E-state index in [1.807, 2.05) is 21.1 Å². The van der Waals surface area contributed by atoms with Crippen LogP contribution in [0.15, 0.2) is 71.8 Å². The summed E-state index contributed by atoms with van der Waals surface area (Å²) in [6, 6.07) is 14.2. The number of phosphoric ester groups is 1. The zero-order valence-corrected chi connectivity index (χ0v) is 55.7. The van der Waals surface area contributed by atoms with Crippen molar-refractivity contribution in [3.05, 3.63) is 82.9 Å². The van der Waals surface area contributed by atoms with Crippen molar-refractivity contribution in [2.75, 3.05) is 60.7 Å². The Morgan fingerprint density at radius 1 is 0.791 bits per heavy atom. The topological polar surface area (TPSA) is 315 Å². The average Bonchev–Trinajstić information content (AvgIpc) is 0.671. The van der Waals surface area contributed by atoms with E-state index in [0.29, 0.717) is 17.4 Å². The molecule has 0 amide bonds. The van der Waals surface area contributed by atoms with Gasteiger partial charge in [0.1, 0.15) is 43.7 Å². The number of phosphoric acid groups is 1. The number of ketones is 1. The van der Waals surface area contributed by atoms with Gasteiger partial charge in [-0.15, -0.1) is 0 Å². The second-order valence-electron chi connectivity index (χ2n) is 26.6. The summed E-state index contributed by atoms with van der Waals surface area (Å²) in [6.07, 6.45) is 3.24. The van der Waals surface area contributed by atoms with Gasteiger partial charge >= 0.3 is 35.8 Å². The number of nitrogens with zero attached hydrogens (tertiary/aromatic N) is 1. The van der Waals surface area contributed by atoms with Crippen LogP contribution >= 0.6 is 7.82 Å². The SMILES string of the molecule is CCCCCCCCCCCCCCCCC(=O)OC[C@H](COP(=O)([O-])OCC[N+](C)(C)C)OC(=O)CNC(c1ccccc1)[C@@H](O)C(=O)O[C@H]1C[C@@]2(O)[C@@H](OC(=O)c3ccccc3)C3[C@](C)(C(=O)[C@H](OC(C)=O)C(=C1C)C2(C)C)[C@@H](O)C[C@H]1OC[C@@]31OC(C)=O. The van der Waals surface area contributed by atoms with Crippen LogP contribution in [0.5, 0.6) is 0 Å². The zero-order valence-electron chi connectivity index (χ0n) is 54.8. The first-order valence-corrected chi connectivity index (χ1v) is 33.7. The normalized spacial score (nSPS) is 26.8. The molecule has 0 radical (unpaired) electrons. The van der Waals surface area contributed by atoms with Gasteiger partial charge in [-0.1, -0.05) is 153 Å². The molecule has 4 N–H and O–H groups in total. The van der Waals surface area contributed by atoms with Gasteiger partial charge in [-0.3, -0.25) is 33.9 Å². The Hall–Kier alpha value is -5.46. The van der Waals surface area contributed by atoms with Crippen molar-refractivity contribution in [2.45, 2.75) is 218 Å². The van der Waals surface area contributed by atoms with Crippen LogP contribution < -0.4 is 10.2 Å². The van der Waals surface area contributed by atoms with Crippen LogP contribution in [0.25, 0.3) is 0 Å². The summed E-state index contributed by atoms with van der Waals surface area (Å²) in [5, 5.41) is 41.1. The standard InChI is InChI=1S/C67H99N2O21P/c1-11-12-13-14-15-16-17-18-19-20-21-22-23-30-35-53(73)82-41-49(42-85-91(80,81)84-37-36-69(8,9)10)87-54(74)40-68-56(47-31-26-24-27-32-47)57(75)63(78)88-50-39-67(79)61(89-62(77)48-33-28-25-29-34-48)59-65(7,51(72)38-52-66(59,43-83-52)90-46(4)71)60(76)58(86-45(3)70)55(44(50)2)64(67,5)6/h24-29,31-34,49-52,56-59,61,68,72,75,79H,11-23,30,35-43H2,1-10H3/t49-,50+,51+,52-,56?,57-,58-,59?,61+,65-,66+,67-/m1/s1. The van der Waals surface area contributed by atoms with Gasteiger partial charge in [-0.2, -0.15) is 0 Å². The molecule has 3 aliphatic carbocycles. The van der Waals surface area contributed by atoms with Gasteiger partial charge in [0, 0.05) is 38.5 Å². The molecule has 2 bridgehead atoms. The number of unbranched alkanes of at least 4 members (excludes halogenated alkanes) is 13. The molecule has 0 spiro atoms. The third kappa shape index (κ3) is 19.1. The Balaban J connectivity index is 1.22. The summed E-state index contributed by atoms with van der Waals surface area (Å²) < 4.78 is 65.2. The Morgan fingerprint density at radius 3 is 1.92 bits per heavy atom. The molecule has 1 saturated heterocycles. The lowest BCUT2D eigenvalue weighted by atomic mass is 9.44. The van der Waals surface area contributed by atoms with Crippen molar-refractivity contribution in [3.8, 4) is 0 Å². The minimum atomic E-state index is -4.97. The molecule has 23 nitrogen and oxygen atoms in total. The van der Waals surface area contributed by atoms with E-state index in [1.54, 1.807) is 48.5 Å². The van der Waals surface area contributed by atoms with Crippen LogP contribution in [-0.2, 0) is 75.5 Å². The van der Waals surface area contributed by atoms with Crippen LogP contribution in [0, 0.1) is 16.7 Å². The zero-order chi connectivity index (χ0) is 67.0. The van der Waals surface area contributed by atoms with Crippen LogP contribution in [0.1, 0.15) is 180 Å². The molecule has 3 unspecified atom stereocenters. The summed E-state index contributed by atoms with van der Waals surface area (Å²) in [4.78, 5) is 111. The third-order valence-corrected chi connectivity index (χ3v) is 19.5. The van der Waals surface area contributed by atoms with Crippen LogP contribution in [0.3, 0.4) is 0 Å². The van der Waals surface area contributed by atoms with Gasteiger partial charge in [0.2, 0.25) is 0 Å². The first kappa shape index (κ1) is 74.6. The number of quaternary nitrogens is 1. The first-order chi connectivity index (χ1) is 42.9. The summed E-state index contributed by atoms with van der Waals surface area (Å²) in [7, 11) is 0.551. The monoisotopic (exact) mass is 1300 g/mol. The van der Waals surface area contributed by atoms with E-state index >= 15 is 4.79 Å². The van der Waals surface area contributed by atoms with Crippen molar-refractivity contribution >= 4 is 49.4 Å². The number of Topliss-reactive ketones (excluding diaryl/α,β-unsaturated/α-hetero) is 1. The number of hydrogen-bond acceptors (Lipinski definition) is 22. The molecule has 13 atom stereocenters. The van der Waals surface area contributed by atoms with Crippen LogP contribution in [-0.4, -0.2) is 176 Å². The second-order valence-corrected chi connectivity index (χ2v) is 28.0. The van der Waals surface area contributed by atoms with E-state index in [2.05, 4.69) is 12.2 Å². The van der Waals surface area contributed by atoms with Crippen LogP contribution in [0.2, 0.25) is 0 Å². The molecule has 2 aromatic carbocycles. The molecule has 1 aliphatic heterocycles. The lowest BCUT2D eigenvalue weighted by Gasteiger charge is -2.67. The minimum absolute atomic E-state index is 0.0237. The fraction of sp³-hybridized carbons (Fsp3) is 0.687. The van der Waals surface area contributed by atoms with Gasteiger partial charge in [0.05, 0.1) is 69.9 Å². The summed E-state index contributed by atoms with van der Waals surface area (Å²) in [5.74, 6) is -8.27. The molecular formula is C67H99N2O21P. The number of hydrogen-bond donors (Lipinski definition) is 4. The van der Waals surface area contributed by atoms with E-state index in [-0.39, 0.29) is 48.3 Å². The van der Waals surface area contributed by atoms with Gasteiger partial charge in [-0.25, -0.2) is 9.59 Å². The predicted molar refractivity (Wildman–Crippen MR) is 330 cm³/mol. The molecule has 24 heteroatoms. The lowest BCUT2D eigenvalue weighted by Crippen LogP contribution is -2.82. The van der Waals surface area contributed by atoms with E-state index in [4.69, 9.17) is 42.2 Å². The highest BCUT2D eigenvalue weighted by Crippen LogP contribution is 2.64. The number of carbonyl (C=O) groups is 7. The quantitative estimate of drug-likeness (QED) is 0.0129. The first-order valence-electron chi connectivity index (χ1n) is 32.2. The van der Waals surface area contributed by atoms with E-state index in [1.165, 1.54) is 97.6 Å². The van der Waals surface area contributed by atoms with Crippen molar-refractivity contribution in [1.29, 1.82) is 0 Å². The Bertz CT molecular complexity index is 2860. The highest BCUT2D eigenvalue weighted by Gasteiger charge is 2.78. The molecule has 0 aromatic heterocycles. The number of benzene rings is 2. The minimum Gasteiger partial charge on any atom is -0.756 e. The maximum absolute atomic E-state index is 15.7. The number of likely N-dealkylation sites (N-methyl/N-ethyl adjacent to an activating group) is 1. The van der Waals surface area contributed by atoms with Crippen molar-refractivity contribution < 1.29 is 105 Å². The van der Waals surface area contributed by atoms with Crippen molar-refractivity contribution in [3.63, 3.8) is 0 Å². The van der Waals surface area contributed by atoms with Crippen molar-refractivity contribution in [1.82, 2.24) is 5.32 Å².